The highest BCUT2D eigenvalue weighted by Gasteiger charge is 2.08. The number of hydrogen-bond donors (Lipinski definition) is 2. The van der Waals surface area contributed by atoms with E-state index in [4.69, 9.17) is 5.11 Å². The molecule has 0 unspecified atom stereocenters. The lowest BCUT2D eigenvalue weighted by Gasteiger charge is -1.97. The van der Waals surface area contributed by atoms with Crippen molar-refractivity contribution in [3.63, 3.8) is 0 Å². The number of nitrogens with zero attached hydrogens (tertiary/aromatic N) is 1. The van der Waals surface area contributed by atoms with Crippen LogP contribution in [0.4, 0.5) is 5.13 Å². The monoisotopic (exact) mass is 280 g/mol. The van der Waals surface area contributed by atoms with E-state index in [9.17, 15) is 9.59 Å². The number of hydrogen-bond acceptors (Lipinski definition) is 5. The summed E-state index contributed by atoms with van der Waals surface area (Å²) < 4.78 is 0. The standard InChI is InChI=1S/C11H8N2O3S2/c14-9(15)2-1-8-5-12-11(18-8)13-10(16)7-3-4-17-6-7/h1-6H,(H,14,15)(H,12,13,16). The normalized spacial score (nSPS) is 10.7. The topological polar surface area (TPSA) is 79.3 Å². The van der Waals surface area contributed by atoms with Crippen molar-refractivity contribution in [2.24, 2.45) is 0 Å². The Morgan fingerprint density at radius 2 is 2.28 bits per heavy atom. The lowest BCUT2D eigenvalue weighted by atomic mass is 10.3. The molecule has 0 spiro atoms. The van der Waals surface area contributed by atoms with Gasteiger partial charge in [0, 0.05) is 22.5 Å². The molecule has 92 valence electrons. The van der Waals surface area contributed by atoms with Gasteiger partial charge in [-0.15, -0.1) is 0 Å². The smallest absolute Gasteiger partial charge is 0.328 e. The van der Waals surface area contributed by atoms with Gasteiger partial charge in [0.25, 0.3) is 5.91 Å². The fraction of sp³-hybridized carbons (Fsp3) is 0. The number of aromatic nitrogens is 1. The Kier molecular flexibility index (Phi) is 3.85. The summed E-state index contributed by atoms with van der Waals surface area (Å²) in [6.07, 6.45) is 3.96. The molecule has 5 nitrogen and oxygen atoms in total. The maximum atomic E-state index is 11.7. The number of anilines is 1. The van der Waals surface area contributed by atoms with Crippen molar-refractivity contribution in [3.8, 4) is 0 Å². The van der Waals surface area contributed by atoms with Crippen LogP contribution < -0.4 is 5.32 Å². The predicted molar refractivity (Wildman–Crippen MR) is 71.1 cm³/mol. The third kappa shape index (κ3) is 3.25. The summed E-state index contributed by atoms with van der Waals surface area (Å²) in [7, 11) is 0. The highest BCUT2D eigenvalue weighted by atomic mass is 32.1. The third-order valence-corrected chi connectivity index (χ3v) is 3.48. The zero-order valence-corrected chi connectivity index (χ0v) is 10.6. The molecule has 0 aliphatic rings. The quantitative estimate of drug-likeness (QED) is 0.843. The second-order valence-electron chi connectivity index (χ2n) is 3.21. The van der Waals surface area contributed by atoms with Gasteiger partial charge in [-0.3, -0.25) is 10.1 Å². The van der Waals surface area contributed by atoms with Crippen molar-refractivity contribution >= 4 is 45.8 Å². The maximum absolute atomic E-state index is 11.7. The van der Waals surface area contributed by atoms with Crippen LogP contribution in [0.3, 0.4) is 0 Å². The molecule has 2 aromatic heterocycles. The summed E-state index contributed by atoms with van der Waals surface area (Å²) in [4.78, 5) is 26.7. The van der Waals surface area contributed by atoms with Crippen LogP contribution in [0.1, 0.15) is 15.2 Å². The zero-order valence-electron chi connectivity index (χ0n) is 8.99. The number of carboxylic acid groups (broad SMARTS) is 1. The number of rotatable bonds is 4. The van der Waals surface area contributed by atoms with E-state index in [1.165, 1.54) is 34.9 Å². The molecule has 0 atom stereocenters. The highest BCUT2D eigenvalue weighted by Crippen LogP contribution is 2.20. The highest BCUT2D eigenvalue weighted by molar-refractivity contribution is 7.16. The first kappa shape index (κ1) is 12.5. The molecular weight excluding hydrogens is 272 g/mol. The second kappa shape index (κ2) is 5.56. The summed E-state index contributed by atoms with van der Waals surface area (Å²) in [5, 5.41) is 15.1. The minimum atomic E-state index is -1.02. The number of nitrogens with one attached hydrogen (secondary N) is 1. The minimum Gasteiger partial charge on any atom is -0.478 e. The van der Waals surface area contributed by atoms with Gasteiger partial charge in [-0.2, -0.15) is 11.3 Å². The lowest BCUT2D eigenvalue weighted by Crippen LogP contribution is -2.10. The molecule has 2 aromatic rings. The first-order valence-corrected chi connectivity index (χ1v) is 6.61. The predicted octanol–water partition coefficient (Wildman–Crippen LogP) is 2.55. The number of carbonyl (C=O) groups excluding carboxylic acids is 1. The number of carboxylic acids is 1. The molecule has 0 radical (unpaired) electrons. The van der Waals surface area contributed by atoms with Crippen LogP contribution in [-0.2, 0) is 4.79 Å². The van der Waals surface area contributed by atoms with Crippen LogP contribution in [0, 0.1) is 0 Å². The summed E-state index contributed by atoms with van der Waals surface area (Å²) in [5.74, 6) is -1.24. The van der Waals surface area contributed by atoms with E-state index in [-0.39, 0.29) is 5.91 Å². The molecule has 0 aromatic carbocycles. The van der Waals surface area contributed by atoms with Gasteiger partial charge in [0.15, 0.2) is 5.13 Å². The molecule has 2 heterocycles. The molecule has 0 saturated carbocycles. The van der Waals surface area contributed by atoms with Gasteiger partial charge < -0.3 is 5.11 Å². The first-order chi connectivity index (χ1) is 8.65. The third-order valence-electron chi connectivity index (χ3n) is 1.92. The SMILES string of the molecule is O=C(O)C=Cc1cnc(NC(=O)c2ccsc2)s1. The van der Waals surface area contributed by atoms with Crippen LogP contribution in [0.25, 0.3) is 6.08 Å². The Labute approximate surface area is 110 Å². The van der Waals surface area contributed by atoms with Crippen LogP contribution in [-0.4, -0.2) is 22.0 Å². The van der Waals surface area contributed by atoms with E-state index in [1.54, 1.807) is 11.4 Å². The van der Waals surface area contributed by atoms with Gasteiger partial charge in [-0.25, -0.2) is 9.78 Å². The number of carbonyl (C=O) groups is 2. The number of aliphatic carboxylic acids is 1. The second-order valence-corrected chi connectivity index (χ2v) is 5.05. The van der Waals surface area contributed by atoms with Crippen molar-refractivity contribution in [1.29, 1.82) is 0 Å². The van der Waals surface area contributed by atoms with Gasteiger partial charge >= 0.3 is 5.97 Å². The van der Waals surface area contributed by atoms with E-state index in [0.717, 1.165) is 6.08 Å². The maximum Gasteiger partial charge on any atom is 0.328 e. The number of thiophene rings is 1. The number of amides is 1. The lowest BCUT2D eigenvalue weighted by molar-refractivity contribution is -0.131. The van der Waals surface area contributed by atoms with Crippen molar-refractivity contribution in [1.82, 2.24) is 4.98 Å². The Morgan fingerprint density at radius 3 is 2.94 bits per heavy atom. The van der Waals surface area contributed by atoms with Crippen molar-refractivity contribution in [2.75, 3.05) is 5.32 Å². The molecule has 0 aliphatic heterocycles. The Balaban J connectivity index is 2.03. The largest absolute Gasteiger partial charge is 0.478 e. The summed E-state index contributed by atoms with van der Waals surface area (Å²) in [6, 6.07) is 1.72. The summed E-state index contributed by atoms with van der Waals surface area (Å²) in [5.41, 5.74) is 0.581. The van der Waals surface area contributed by atoms with E-state index in [2.05, 4.69) is 10.3 Å². The van der Waals surface area contributed by atoms with E-state index in [1.807, 2.05) is 5.38 Å². The molecule has 1 amide bonds. The minimum absolute atomic E-state index is 0.223. The molecule has 0 saturated heterocycles. The fourth-order valence-corrected chi connectivity index (χ4v) is 2.49. The molecule has 0 aliphatic carbocycles. The van der Waals surface area contributed by atoms with Crippen molar-refractivity contribution < 1.29 is 14.7 Å². The molecule has 7 heteroatoms. The van der Waals surface area contributed by atoms with Crippen LogP contribution in [0.2, 0.25) is 0 Å². The Bertz CT molecular complexity index is 587. The molecule has 0 fully saturated rings. The summed E-state index contributed by atoms with van der Waals surface area (Å²) >= 11 is 2.65. The Morgan fingerprint density at radius 1 is 1.44 bits per heavy atom. The van der Waals surface area contributed by atoms with E-state index < -0.39 is 5.97 Å². The van der Waals surface area contributed by atoms with Crippen molar-refractivity contribution in [3.05, 3.63) is 39.5 Å². The zero-order chi connectivity index (χ0) is 13.0. The van der Waals surface area contributed by atoms with Gasteiger partial charge in [-0.05, 0) is 17.5 Å². The van der Waals surface area contributed by atoms with Crippen LogP contribution >= 0.6 is 22.7 Å². The molecular formula is C11H8N2O3S2. The van der Waals surface area contributed by atoms with Gasteiger partial charge in [0.1, 0.15) is 0 Å². The van der Waals surface area contributed by atoms with Crippen LogP contribution in [0.5, 0.6) is 0 Å². The average molecular weight is 280 g/mol. The van der Waals surface area contributed by atoms with E-state index >= 15 is 0 Å². The summed E-state index contributed by atoms with van der Waals surface area (Å²) in [6.45, 7) is 0. The van der Waals surface area contributed by atoms with Gasteiger partial charge in [-0.1, -0.05) is 11.3 Å². The van der Waals surface area contributed by atoms with Gasteiger partial charge in [0.2, 0.25) is 0 Å². The van der Waals surface area contributed by atoms with Crippen molar-refractivity contribution in [2.45, 2.75) is 0 Å². The van der Waals surface area contributed by atoms with Gasteiger partial charge in [0.05, 0.1) is 5.56 Å². The first-order valence-electron chi connectivity index (χ1n) is 4.85. The molecule has 2 rings (SSSR count). The van der Waals surface area contributed by atoms with E-state index in [0.29, 0.717) is 15.6 Å². The Hall–Kier alpha value is -1.99. The fourth-order valence-electron chi connectivity index (χ4n) is 1.14. The van der Waals surface area contributed by atoms with Crippen LogP contribution in [0.15, 0.2) is 29.1 Å². The molecule has 2 N–H and O–H groups in total. The molecule has 18 heavy (non-hydrogen) atoms. The molecule has 0 bridgehead atoms. The average Bonchev–Trinajstić information content (AvgIpc) is 2.97. The number of thiazole rings is 1.